The minimum absolute atomic E-state index is 0.0277. The third-order valence-corrected chi connectivity index (χ3v) is 5.15. The first-order chi connectivity index (χ1) is 8.91. The monoisotopic (exact) mass is 348 g/mol. The molecule has 0 aromatic heterocycles. The lowest BCUT2D eigenvalue weighted by Crippen LogP contribution is -2.29. The zero-order valence-electron chi connectivity index (χ0n) is 10.5. The van der Waals surface area contributed by atoms with Crippen LogP contribution in [0.4, 0.5) is 4.39 Å². The fraction of sp³-hybridized carbons (Fsp3) is 0.500. The van der Waals surface area contributed by atoms with Crippen molar-refractivity contribution in [3.8, 4) is 0 Å². The summed E-state index contributed by atoms with van der Waals surface area (Å²) in [4.78, 5) is 11.3. The molecule has 5 heteroatoms. The van der Waals surface area contributed by atoms with E-state index in [1.54, 1.807) is 12.1 Å². The molecule has 1 saturated carbocycles. The van der Waals surface area contributed by atoms with E-state index in [9.17, 15) is 14.3 Å². The van der Waals surface area contributed by atoms with Crippen LogP contribution < -0.4 is 0 Å². The molecule has 0 radical (unpaired) electrons. The Kier molecular flexibility index (Phi) is 4.51. The second-order valence-electron chi connectivity index (χ2n) is 5.23. The average molecular weight is 350 g/mol. The van der Waals surface area contributed by atoms with E-state index in [0.29, 0.717) is 28.8 Å². The normalized spacial score (nSPS) is 27.3. The van der Waals surface area contributed by atoms with Crippen molar-refractivity contribution in [2.75, 3.05) is 0 Å². The quantitative estimate of drug-likeness (QED) is 0.775. The summed E-state index contributed by atoms with van der Waals surface area (Å²) in [5.74, 6) is -1.77. The lowest BCUT2D eigenvalue weighted by molar-refractivity contribution is -0.143. The van der Waals surface area contributed by atoms with E-state index in [0.717, 1.165) is 6.42 Å². The van der Waals surface area contributed by atoms with Gasteiger partial charge in [-0.2, -0.15) is 0 Å². The maximum atomic E-state index is 14.3. The van der Waals surface area contributed by atoms with Gasteiger partial charge in [-0.05, 0) is 52.7 Å². The number of halogens is 3. The van der Waals surface area contributed by atoms with Gasteiger partial charge in [0.15, 0.2) is 0 Å². The highest BCUT2D eigenvalue weighted by Crippen LogP contribution is 2.43. The molecule has 1 aromatic rings. The van der Waals surface area contributed by atoms with E-state index in [1.807, 2.05) is 0 Å². The highest BCUT2D eigenvalue weighted by molar-refractivity contribution is 9.10. The number of carboxylic acid groups (broad SMARTS) is 1. The van der Waals surface area contributed by atoms with Gasteiger partial charge in [0, 0.05) is 10.4 Å². The second kappa shape index (κ2) is 5.80. The molecule has 0 spiro atoms. The van der Waals surface area contributed by atoms with Crippen molar-refractivity contribution >= 4 is 33.5 Å². The summed E-state index contributed by atoms with van der Waals surface area (Å²) in [6, 6.07) is 3.32. The minimum Gasteiger partial charge on any atom is -0.481 e. The molecule has 0 amide bonds. The second-order valence-corrected chi connectivity index (χ2v) is 6.47. The molecule has 0 heterocycles. The molecule has 1 N–H and O–H groups in total. The predicted octanol–water partition coefficient (Wildman–Crippen LogP) is 4.85. The molecular weight excluding hydrogens is 335 g/mol. The highest BCUT2D eigenvalue weighted by Gasteiger charge is 2.36. The molecule has 2 nitrogen and oxygen atoms in total. The van der Waals surface area contributed by atoms with Gasteiger partial charge in [0.1, 0.15) is 5.82 Å². The largest absolute Gasteiger partial charge is 0.481 e. The van der Waals surface area contributed by atoms with Crippen molar-refractivity contribution in [1.82, 2.24) is 0 Å². The van der Waals surface area contributed by atoms with Gasteiger partial charge in [-0.15, -0.1) is 0 Å². The molecule has 0 saturated heterocycles. The SMILES string of the molecule is CC1CCC(C(=O)O)C(c2ccc(Br)c(Cl)c2F)C1. The van der Waals surface area contributed by atoms with Gasteiger partial charge in [-0.3, -0.25) is 4.79 Å². The van der Waals surface area contributed by atoms with Crippen LogP contribution in [-0.2, 0) is 4.79 Å². The van der Waals surface area contributed by atoms with E-state index in [2.05, 4.69) is 22.9 Å². The first-order valence-corrected chi connectivity index (χ1v) is 7.45. The smallest absolute Gasteiger partial charge is 0.307 e. The maximum absolute atomic E-state index is 14.3. The topological polar surface area (TPSA) is 37.3 Å². The van der Waals surface area contributed by atoms with Crippen LogP contribution in [0.25, 0.3) is 0 Å². The van der Waals surface area contributed by atoms with Gasteiger partial charge >= 0.3 is 5.97 Å². The van der Waals surface area contributed by atoms with Gasteiger partial charge < -0.3 is 5.11 Å². The lowest BCUT2D eigenvalue weighted by atomic mass is 9.71. The number of hydrogen-bond acceptors (Lipinski definition) is 1. The molecule has 1 aliphatic carbocycles. The Bertz CT molecular complexity index is 506. The van der Waals surface area contributed by atoms with Crippen LogP contribution >= 0.6 is 27.5 Å². The fourth-order valence-electron chi connectivity index (χ4n) is 2.85. The van der Waals surface area contributed by atoms with E-state index in [-0.39, 0.29) is 10.9 Å². The fourth-order valence-corrected chi connectivity index (χ4v) is 3.33. The standard InChI is InChI=1S/C14H15BrClFO2/c1-7-2-3-9(14(18)19)10(6-7)8-4-5-11(15)12(16)13(8)17/h4-5,7,9-10H,2-3,6H2,1H3,(H,18,19). The van der Waals surface area contributed by atoms with Crippen LogP contribution in [0.5, 0.6) is 0 Å². The van der Waals surface area contributed by atoms with E-state index >= 15 is 0 Å². The Morgan fingerprint density at radius 3 is 2.79 bits per heavy atom. The predicted molar refractivity (Wildman–Crippen MR) is 76.0 cm³/mol. The maximum Gasteiger partial charge on any atom is 0.307 e. The molecule has 3 unspecified atom stereocenters. The van der Waals surface area contributed by atoms with Crippen molar-refractivity contribution < 1.29 is 14.3 Å². The van der Waals surface area contributed by atoms with Gasteiger partial charge in [-0.1, -0.05) is 24.6 Å². The van der Waals surface area contributed by atoms with Crippen molar-refractivity contribution in [3.05, 3.63) is 33.0 Å². The first-order valence-electron chi connectivity index (χ1n) is 6.28. The summed E-state index contributed by atoms with van der Waals surface area (Å²) in [5.41, 5.74) is 0.423. The average Bonchev–Trinajstić information content (AvgIpc) is 2.35. The zero-order valence-corrected chi connectivity index (χ0v) is 12.8. The molecule has 0 bridgehead atoms. The van der Waals surface area contributed by atoms with Gasteiger partial charge in [0.2, 0.25) is 0 Å². The summed E-state index contributed by atoms with van der Waals surface area (Å²) in [7, 11) is 0. The first kappa shape index (κ1) is 14.8. The van der Waals surface area contributed by atoms with Crippen LogP contribution in [0, 0.1) is 17.7 Å². The molecule has 0 aliphatic heterocycles. The summed E-state index contributed by atoms with van der Waals surface area (Å²) < 4.78 is 14.7. The minimum atomic E-state index is -0.852. The number of aliphatic carboxylic acids is 1. The lowest BCUT2D eigenvalue weighted by Gasteiger charge is -2.33. The van der Waals surface area contributed by atoms with Crippen LogP contribution in [-0.4, -0.2) is 11.1 Å². The molecule has 1 aliphatic rings. The number of carbonyl (C=O) groups is 1. The summed E-state index contributed by atoms with van der Waals surface area (Å²) in [6.07, 6.45) is 2.15. The molecule has 1 fully saturated rings. The number of benzene rings is 1. The number of hydrogen-bond donors (Lipinski definition) is 1. The van der Waals surface area contributed by atoms with Crippen molar-refractivity contribution in [2.24, 2.45) is 11.8 Å². The Labute approximate surface area is 125 Å². The number of rotatable bonds is 2. The van der Waals surface area contributed by atoms with Gasteiger partial charge in [0.25, 0.3) is 0 Å². The third-order valence-electron chi connectivity index (χ3n) is 3.89. The molecule has 3 atom stereocenters. The molecular formula is C14H15BrClFO2. The van der Waals surface area contributed by atoms with Crippen LogP contribution in [0.15, 0.2) is 16.6 Å². The van der Waals surface area contributed by atoms with Crippen molar-refractivity contribution in [3.63, 3.8) is 0 Å². The van der Waals surface area contributed by atoms with Crippen LogP contribution in [0.1, 0.15) is 37.7 Å². The Morgan fingerprint density at radius 2 is 2.16 bits per heavy atom. The third kappa shape index (κ3) is 2.95. The summed E-state index contributed by atoms with van der Waals surface area (Å²) in [6.45, 7) is 2.07. The van der Waals surface area contributed by atoms with E-state index in [4.69, 9.17) is 11.6 Å². The van der Waals surface area contributed by atoms with Crippen LogP contribution in [0.3, 0.4) is 0 Å². The number of carboxylic acids is 1. The van der Waals surface area contributed by atoms with E-state index in [1.165, 1.54) is 0 Å². The molecule has 19 heavy (non-hydrogen) atoms. The highest BCUT2D eigenvalue weighted by atomic mass is 79.9. The van der Waals surface area contributed by atoms with E-state index < -0.39 is 17.7 Å². The Hall–Kier alpha value is -0.610. The summed E-state index contributed by atoms with van der Waals surface area (Å²) >= 11 is 9.07. The van der Waals surface area contributed by atoms with Crippen molar-refractivity contribution in [1.29, 1.82) is 0 Å². The zero-order chi connectivity index (χ0) is 14.2. The van der Waals surface area contributed by atoms with Crippen molar-refractivity contribution in [2.45, 2.75) is 32.1 Å². The van der Waals surface area contributed by atoms with Gasteiger partial charge in [0.05, 0.1) is 10.9 Å². The summed E-state index contributed by atoms with van der Waals surface area (Å²) in [5, 5.41) is 9.33. The molecule has 104 valence electrons. The Balaban J connectivity index is 2.42. The molecule has 1 aromatic carbocycles. The Morgan fingerprint density at radius 1 is 1.47 bits per heavy atom. The van der Waals surface area contributed by atoms with Gasteiger partial charge in [-0.25, -0.2) is 4.39 Å². The molecule has 2 rings (SSSR count). The van der Waals surface area contributed by atoms with Crippen LogP contribution in [0.2, 0.25) is 5.02 Å².